The molecule has 1 N–H and O–H groups in total. The molecular formula is C36H41N3O5S. The Morgan fingerprint density at radius 3 is 2.16 bits per heavy atom. The normalized spacial score (nSPS) is 11.8. The van der Waals surface area contributed by atoms with Crippen LogP contribution in [0, 0.1) is 13.8 Å². The smallest absolute Gasteiger partial charge is 0.264 e. The predicted molar refractivity (Wildman–Crippen MR) is 178 cm³/mol. The zero-order chi connectivity index (χ0) is 32.4. The fraction of sp³-hybridized carbons (Fsp3) is 0.278. The highest BCUT2D eigenvalue weighted by molar-refractivity contribution is 7.92. The summed E-state index contributed by atoms with van der Waals surface area (Å²) in [7, 11) is -2.59. The van der Waals surface area contributed by atoms with E-state index in [4.69, 9.17) is 4.74 Å². The molecule has 0 aliphatic heterocycles. The van der Waals surface area contributed by atoms with Crippen LogP contribution in [0.1, 0.15) is 35.6 Å². The fourth-order valence-electron chi connectivity index (χ4n) is 5.13. The SMILES string of the molecule is CCCNC(=O)[C@H](Cc1ccccc1)N(Cc1cccc(OC)c1)C(=O)CN(c1cccc(C)c1C)S(=O)(=O)c1ccccc1. The van der Waals surface area contributed by atoms with Gasteiger partial charge < -0.3 is 15.0 Å². The van der Waals surface area contributed by atoms with Crippen LogP contribution in [0.15, 0.2) is 108 Å². The second-order valence-corrected chi connectivity index (χ2v) is 12.8. The van der Waals surface area contributed by atoms with Crippen molar-refractivity contribution in [2.45, 2.75) is 51.1 Å². The molecule has 0 fully saturated rings. The van der Waals surface area contributed by atoms with E-state index in [-0.39, 0.29) is 23.8 Å². The van der Waals surface area contributed by atoms with Crippen molar-refractivity contribution in [1.29, 1.82) is 0 Å². The van der Waals surface area contributed by atoms with Crippen LogP contribution >= 0.6 is 0 Å². The van der Waals surface area contributed by atoms with Gasteiger partial charge in [0.05, 0.1) is 17.7 Å². The molecule has 45 heavy (non-hydrogen) atoms. The van der Waals surface area contributed by atoms with Gasteiger partial charge in [0.2, 0.25) is 11.8 Å². The molecule has 4 aromatic carbocycles. The summed E-state index contributed by atoms with van der Waals surface area (Å²) in [5, 5.41) is 2.96. The number of anilines is 1. The van der Waals surface area contributed by atoms with Gasteiger partial charge in [0.15, 0.2) is 0 Å². The van der Waals surface area contributed by atoms with Crippen molar-refractivity contribution < 1.29 is 22.7 Å². The van der Waals surface area contributed by atoms with E-state index in [9.17, 15) is 18.0 Å². The molecule has 0 spiro atoms. The Morgan fingerprint density at radius 2 is 1.49 bits per heavy atom. The van der Waals surface area contributed by atoms with Gasteiger partial charge in [0, 0.05) is 19.5 Å². The second-order valence-electron chi connectivity index (χ2n) is 10.9. The van der Waals surface area contributed by atoms with E-state index in [0.29, 0.717) is 18.0 Å². The van der Waals surface area contributed by atoms with Gasteiger partial charge in [-0.25, -0.2) is 8.42 Å². The third-order valence-corrected chi connectivity index (χ3v) is 9.54. The van der Waals surface area contributed by atoms with E-state index >= 15 is 0 Å². The Labute approximate surface area is 266 Å². The molecular weight excluding hydrogens is 586 g/mol. The summed E-state index contributed by atoms with van der Waals surface area (Å²) in [5.41, 5.74) is 3.66. The number of hydrogen-bond donors (Lipinski definition) is 1. The topological polar surface area (TPSA) is 96.0 Å². The molecule has 0 saturated carbocycles. The number of ether oxygens (including phenoxy) is 1. The van der Waals surface area contributed by atoms with E-state index in [1.165, 1.54) is 17.0 Å². The lowest BCUT2D eigenvalue weighted by atomic mass is 10.0. The van der Waals surface area contributed by atoms with Gasteiger partial charge in [-0.15, -0.1) is 0 Å². The second kappa shape index (κ2) is 15.4. The monoisotopic (exact) mass is 627 g/mol. The minimum Gasteiger partial charge on any atom is -0.497 e. The van der Waals surface area contributed by atoms with Crippen LogP contribution in [0.5, 0.6) is 5.75 Å². The van der Waals surface area contributed by atoms with E-state index in [1.807, 2.05) is 75.4 Å². The summed E-state index contributed by atoms with van der Waals surface area (Å²) in [6, 6.07) is 29.3. The van der Waals surface area contributed by atoms with Gasteiger partial charge in [0.25, 0.3) is 10.0 Å². The minimum absolute atomic E-state index is 0.0686. The highest BCUT2D eigenvalue weighted by Crippen LogP contribution is 2.29. The number of nitrogens with zero attached hydrogens (tertiary/aromatic N) is 2. The number of carbonyl (C=O) groups excluding carboxylic acids is 2. The Hall–Kier alpha value is -4.63. The molecule has 0 aromatic heterocycles. The number of methoxy groups -OCH3 is 1. The van der Waals surface area contributed by atoms with Gasteiger partial charge in [-0.2, -0.15) is 0 Å². The molecule has 1 atom stereocenters. The maximum atomic E-state index is 14.6. The highest BCUT2D eigenvalue weighted by atomic mass is 32.2. The van der Waals surface area contributed by atoms with Gasteiger partial charge in [-0.1, -0.05) is 79.7 Å². The van der Waals surface area contributed by atoms with Crippen molar-refractivity contribution in [3.8, 4) is 5.75 Å². The van der Waals surface area contributed by atoms with Crippen molar-refractivity contribution in [2.75, 3.05) is 24.5 Å². The number of hydrogen-bond acceptors (Lipinski definition) is 5. The first-order valence-electron chi connectivity index (χ1n) is 15.0. The summed E-state index contributed by atoms with van der Waals surface area (Å²) in [5.74, 6) is -0.203. The quantitative estimate of drug-likeness (QED) is 0.194. The van der Waals surface area contributed by atoms with Crippen molar-refractivity contribution in [3.05, 3.63) is 125 Å². The molecule has 0 aliphatic rings. The zero-order valence-electron chi connectivity index (χ0n) is 26.3. The predicted octanol–water partition coefficient (Wildman–Crippen LogP) is 5.67. The lowest BCUT2D eigenvalue weighted by Crippen LogP contribution is -2.53. The van der Waals surface area contributed by atoms with Crippen LogP contribution in [0.4, 0.5) is 5.69 Å². The molecule has 0 aliphatic carbocycles. The third kappa shape index (κ3) is 8.30. The van der Waals surface area contributed by atoms with Crippen molar-refractivity contribution in [1.82, 2.24) is 10.2 Å². The number of carbonyl (C=O) groups is 2. The van der Waals surface area contributed by atoms with Crippen LogP contribution in [0.2, 0.25) is 0 Å². The lowest BCUT2D eigenvalue weighted by molar-refractivity contribution is -0.140. The molecule has 0 radical (unpaired) electrons. The first-order valence-corrected chi connectivity index (χ1v) is 16.5. The third-order valence-electron chi connectivity index (χ3n) is 7.76. The Kier molecular flexibility index (Phi) is 11.4. The van der Waals surface area contributed by atoms with Gasteiger partial charge in [0.1, 0.15) is 18.3 Å². The molecule has 0 bridgehead atoms. The Balaban J connectivity index is 1.83. The summed E-state index contributed by atoms with van der Waals surface area (Å²) >= 11 is 0. The van der Waals surface area contributed by atoms with E-state index < -0.39 is 28.5 Å². The largest absolute Gasteiger partial charge is 0.497 e. The van der Waals surface area contributed by atoms with E-state index in [2.05, 4.69) is 5.32 Å². The van der Waals surface area contributed by atoms with E-state index in [0.717, 1.165) is 33.0 Å². The molecule has 0 unspecified atom stereocenters. The van der Waals surface area contributed by atoms with Crippen LogP contribution in [-0.2, 0) is 32.6 Å². The summed E-state index contributed by atoms with van der Waals surface area (Å²) in [4.78, 5) is 29.9. The Morgan fingerprint density at radius 1 is 0.844 bits per heavy atom. The van der Waals surface area contributed by atoms with E-state index in [1.54, 1.807) is 43.5 Å². The molecule has 236 valence electrons. The average molecular weight is 628 g/mol. The number of rotatable bonds is 14. The fourth-order valence-corrected chi connectivity index (χ4v) is 6.62. The van der Waals surface area contributed by atoms with Gasteiger partial charge in [-0.05, 0) is 72.9 Å². The summed E-state index contributed by atoms with van der Waals surface area (Å²) in [6.45, 7) is 5.71. The first kappa shape index (κ1) is 33.3. The number of sulfonamides is 1. The van der Waals surface area contributed by atoms with Crippen LogP contribution in [-0.4, -0.2) is 51.4 Å². The first-order chi connectivity index (χ1) is 21.6. The Bertz CT molecular complexity index is 1690. The van der Waals surface area contributed by atoms with Crippen LogP contribution < -0.4 is 14.4 Å². The number of benzene rings is 4. The standard InChI is InChI=1S/C36H41N3O5S/c1-5-22-37-36(41)34(24-29-15-8-6-9-16-29)38(25-30-17-13-18-31(23-30)44-4)35(40)26-39(33-21-12-14-27(2)28(33)3)45(42,43)32-19-10-7-11-20-32/h6-21,23,34H,5,22,24-26H2,1-4H3,(H,37,41)/t34-/m0/s1. The molecule has 0 saturated heterocycles. The van der Waals surface area contributed by atoms with Crippen molar-refractivity contribution in [3.63, 3.8) is 0 Å². The zero-order valence-corrected chi connectivity index (χ0v) is 27.1. The van der Waals surface area contributed by atoms with Gasteiger partial charge in [-0.3, -0.25) is 13.9 Å². The summed E-state index contributed by atoms with van der Waals surface area (Å²) in [6.07, 6.45) is 0.977. The maximum Gasteiger partial charge on any atom is 0.264 e. The number of nitrogens with one attached hydrogen (secondary N) is 1. The average Bonchev–Trinajstić information content (AvgIpc) is 3.06. The highest BCUT2D eigenvalue weighted by Gasteiger charge is 2.35. The molecule has 4 aromatic rings. The van der Waals surface area contributed by atoms with Gasteiger partial charge >= 0.3 is 0 Å². The minimum atomic E-state index is -4.16. The molecule has 4 rings (SSSR count). The molecule has 2 amide bonds. The molecule has 0 heterocycles. The molecule has 9 heteroatoms. The van der Waals surface area contributed by atoms with Crippen LogP contribution in [0.25, 0.3) is 0 Å². The summed E-state index contributed by atoms with van der Waals surface area (Å²) < 4.78 is 35.0. The van der Waals surface area contributed by atoms with Crippen molar-refractivity contribution in [2.24, 2.45) is 0 Å². The number of amides is 2. The van der Waals surface area contributed by atoms with Crippen LogP contribution in [0.3, 0.4) is 0 Å². The maximum absolute atomic E-state index is 14.6. The lowest BCUT2D eigenvalue weighted by Gasteiger charge is -2.34. The molecule has 8 nitrogen and oxygen atoms in total. The van der Waals surface area contributed by atoms with Crippen molar-refractivity contribution >= 4 is 27.5 Å². The number of aryl methyl sites for hydroxylation is 1.